The summed E-state index contributed by atoms with van der Waals surface area (Å²) in [5, 5.41) is 3.86. The summed E-state index contributed by atoms with van der Waals surface area (Å²) in [6.45, 7) is 2.38. The Hall–Kier alpha value is -0.470. The molecule has 0 saturated heterocycles. The van der Waals surface area contributed by atoms with Gasteiger partial charge >= 0.3 is 0 Å². The van der Waals surface area contributed by atoms with E-state index in [1.807, 2.05) is 11.8 Å². The van der Waals surface area contributed by atoms with E-state index in [0.717, 1.165) is 5.92 Å². The van der Waals surface area contributed by atoms with E-state index in [1.165, 1.54) is 41.9 Å². The van der Waals surface area contributed by atoms with Gasteiger partial charge in [-0.05, 0) is 37.3 Å². The third kappa shape index (κ3) is 2.38. The molecule has 0 amide bonds. The van der Waals surface area contributed by atoms with Crippen LogP contribution in [0.2, 0.25) is 0 Å². The Morgan fingerprint density at radius 3 is 2.82 bits per heavy atom. The molecule has 1 saturated carbocycles. The van der Waals surface area contributed by atoms with Gasteiger partial charge in [0, 0.05) is 22.7 Å². The summed E-state index contributed by atoms with van der Waals surface area (Å²) in [7, 11) is 0. The minimum Gasteiger partial charge on any atom is -0.306 e. The van der Waals surface area contributed by atoms with Gasteiger partial charge in [-0.3, -0.25) is 0 Å². The molecule has 2 unspecified atom stereocenters. The molecule has 1 aliphatic heterocycles. The fraction of sp³-hybridized carbons (Fsp3) is 0.600. The lowest BCUT2D eigenvalue weighted by Crippen LogP contribution is -2.35. The van der Waals surface area contributed by atoms with E-state index in [9.17, 15) is 0 Å². The standard InChI is InChI=1S/C15H21NS/c1-11(12-6-2-3-7-12)16-14-10-17-15-9-5-4-8-13(14)15/h4-5,8-9,11-12,14,16H,2-3,6-7,10H2,1H3. The second-order valence-electron chi connectivity index (χ2n) is 5.40. The summed E-state index contributed by atoms with van der Waals surface area (Å²) >= 11 is 2.00. The molecular weight excluding hydrogens is 226 g/mol. The molecule has 0 spiro atoms. The van der Waals surface area contributed by atoms with Crippen molar-refractivity contribution < 1.29 is 0 Å². The topological polar surface area (TPSA) is 12.0 Å². The van der Waals surface area contributed by atoms with Crippen molar-refractivity contribution in [2.75, 3.05) is 5.75 Å². The molecule has 1 heterocycles. The van der Waals surface area contributed by atoms with E-state index >= 15 is 0 Å². The Labute approximate surface area is 108 Å². The minimum atomic E-state index is 0.576. The number of thioether (sulfide) groups is 1. The predicted molar refractivity (Wildman–Crippen MR) is 74.5 cm³/mol. The highest BCUT2D eigenvalue weighted by atomic mass is 32.2. The fourth-order valence-electron chi connectivity index (χ4n) is 3.21. The molecule has 1 aliphatic carbocycles. The zero-order valence-electron chi connectivity index (χ0n) is 10.5. The lowest BCUT2D eigenvalue weighted by atomic mass is 9.98. The maximum absolute atomic E-state index is 3.86. The van der Waals surface area contributed by atoms with Crippen LogP contribution in [0.5, 0.6) is 0 Å². The van der Waals surface area contributed by atoms with Gasteiger partial charge in [-0.15, -0.1) is 11.8 Å². The van der Waals surface area contributed by atoms with E-state index in [2.05, 4.69) is 36.5 Å². The van der Waals surface area contributed by atoms with E-state index in [1.54, 1.807) is 0 Å². The SMILES string of the molecule is CC(NC1CSc2ccccc21)C1CCCC1. The Kier molecular flexibility index (Phi) is 3.44. The maximum Gasteiger partial charge on any atom is 0.0428 e. The zero-order valence-corrected chi connectivity index (χ0v) is 11.3. The molecule has 2 aliphatic rings. The Balaban J connectivity index is 1.66. The van der Waals surface area contributed by atoms with Gasteiger partial charge < -0.3 is 5.32 Å². The highest BCUT2D eigenvalue weighted by Gasteiger charge is 2.27. The van der Waals surface area contributed by atoms with E-state index < -0.39 is 0 Å². The molecule has 2 heteroatoms. The third-order valence-corrected chi connectivity index (χ3v) is 5.45. The van der Waals surface area contributed by atoms with Gasteiger partial charge in [0.2, 0.25) is 0 Å². The number of hydrogen-bond acceptors (Lipinski definition) is 2. The molecule has 0 radical (unpaired) electrons. The van der Waals surface area contributed by atoms with Crippen LogP contribution in [0.25, 0.3) is 0 Å². The van der Waals surface area contributed by atoms with Gasteiger partial charge in [0.25, 0.3) is 0 Å². The second-order valence-corrected chi connectivity index (χ2v) is 6.46. The second kappa shape index (κ2) is 5.03. The summed E-state index contributed by atoms with van der Waals surface area (Å²) in [6.07, 6.45) is 5.73. The van der Waals surface area contributed by atoms with Gasteiger partial charge in [-0.1, -0.05) is 31.0 Å². The monoisotopic (exact) mass is 247 g/mol. The van der Waals surface area contributed by atoms with Gasteiger partial charge in [0.05, 0.1) is 0 Å². The molecule has 92 valence electrons. The zero-order chi connectivity index (χ0) is 11.7. The fourth-order valence-corrected chi connectivity index (χ4v) is 4.39. The Morgan fingerprint density at radius 1 is 1.24 bits per heavy atom. The summed E-state index contributed by atoms with van der Waals surface area (Å²) in [5.74, 6) is 2.11. The van der Waals surface area contributed by atoms with Crippen molar-refractivity contribution in [1.29, 1.82) is 0 Å². The molecule has 1 nitrogen and oxygen atoms in total. The van der Waals surface area contributed by atoms with Crippen molar-refractivity contribution in [3.63, 3.8) is 0 Å². The van der Waals surface area contributed by atoms with Crippen molar-refractivity contribution in [3.8, 4) is 0 Å². The summed E-state index contributed by atoms with van der Waals surface area (Å²) in [4.78, 5) is 1.48. The summed E-state index contributed by atoms with van der Waals surface area (Å²) < 4.78 is 0. The van der Waals surface area contributed by atoms with Crippen LogP contribution < -0.4 is 5.32 Å². The average Bonchev–Trinajstić information content (AvgIpc) is 2.98. The van der Waals surface area contributed by atoms with Gasteiger partial charge in [0.15, 0.2) is 0 Å². The van der Waals surface area contributed by atoms with Crippen LogP contribution in [0.1, 0.15) is 44.2 Å². The number of fused-ring (bicyclic) bond motifs is 1. The molecule has 3 rings (SSSR count). The number of rotatable bonds is 3. The molecule has 1 fully saturated rings. The first-order valence-electron chi connectivity index (χ1n) is 6.82. The van der Waals surface area contributed by atoms with Crippen LogP contribution in [0, 0.1) is 5.92 Å². The van der Waals surface area contributed by atoms with Crippen LogP contribution in [0.3, 0.4) is 0 Å². The first-order valence-corrected chi connectivity index (χ1v) is 7.81. The van der Waals surface area contributed by atoms with E-state index in [4.69, 9.17) is 0 Å². The van der Waals surface area contributed by atoms with Crippen molar-refractivity contribution in [3.05, 3.63) is 29.8 Å². The van der Waals surface area contributed by atoms with Crippen molar-refractivity contribution in [2.45, 2.75) is 49.6 Å². The number of benzene rings is 1. The Morgan fingerprint density at radius 2 is 2.00 bits per heavy atom. The summed E-state index contributed by atoms with van der Waals surface area (Å²) in [5.41, 5.74) is 1.52. The normalized spacial score (nSPS) is 26.1. The quantitative estimate of drug-likeness (QED) is 0.866. The van der Waals surface area contributed by atoms with Crippen molar-refractivity contribution >= 4 is 11.8 Å². The van der Waals surface area contributed by atoms with Crippen LogP contribution in [-0.2, 0) is 0 Å². The largest absolute Gasteiger partial charge is 0.306 e. The number of hydrogen-bond donors (Lipinski definition) is 1. The van der Waals surface area contributed by atoms with Gasteiger partial charge in [-0.2, -0.15) is 0 Å². The molecule has 2 atom stereocenters. The lowest BCUT2D eigenvalue weighted by molar-refractivity contribution is 0.355. The average molecular weight is 247 g/mol. The molecule has 0 bridgehead atoms. The molecule has 0 aromatic heterocycles. The molecular formula is C15H21NS. The predicted octanol–water partition coefficient (Wildman–Crippen LogP) is 4.00. The van der Waals surface area contributed by atoms with Gasteiger partial charge in [0.1, 0.15) is 0 Å². The van der Waals surface area contributed by atoms with Crippen LogP contribution in [0.15, 0.2) is 29.2 Å². The van der Waals surface area contributed by atoms with E-state index in [0.29, 0.717) is 12.1 Å². The first kappa shape index (κ1) is 11.6. The van der Waals surface area contributed by atoms with Crippen LogP contribution in [0.4, 0.5) is 0 Å². The highest BCUT2D eigenvalue weighted by Crippen LogP contribution is 2.39. The van der Waals surface area contributed by atoms with E-state index in [-0.39, 0.29) is 0 Å². The van der Waals surface area contributed by atoms with Gasteiger partial charge in [-0.25, -0.2) is 0 Å². The van der Waals surface area contributed by atoms with Crippen LogP contribution >= 0.6 is 11.8 Å². The van der Waals surface area contributed by atoms with Crippen molar-refractivity contribution in [1.82, 2.24) is 5.32 Å². The lowest BCUT2D eigenvalue weighted by Gasteiger charge is -2.24. The number of nitrogens with one attached hydrogen (secondary N) is 1. The molecule has 1 N–H and O–H groups in total. The smallest absolute Gasteiger partial charge is 0.0428 e. The molecule has 17 heavy (non-hydrogen) atoms. The molecule has 1 aromatic carbocycles. The third-order valence-electron chi connectivity index (χ3n) is 4.27. The molecule has 1 aromatic rings. The van der Waals surface area contributed by atoms with Crippen LogP contribution in [-0.4, -0.2) is 11.8 Å². The first-order chi connectivity index (χ1) is 8.34. The highest BCUT2D eigenvalue weighted by molar-refractivity contribution is 7.99. The van der Waals surface area contributed by atoms with Crippen molar-refractivity contribution in [2.24, 2.45) is 5.92 Å². The Bertz CT molecular complexity index is 384. The summed E-state index contributed by atoms with van der Waals surface area (Å²) in [6, 6.07) is 10.1. The maximum atomic E-state index is 3.86. The minimum absolute atomic E-state index is 0.576.